The van der Waals surface area contributed by atoms with Crippen LogP contribution in [-0.2, 0) is 23.9 Å². The van der Waals surface area contributed by atoms with Crippen molar-refractivity contribution in [1.82, 2.24) is 4.90 Å². The molecule has 0 aliphatic carbocycles. The summed E-state index contributed by atoms with van der Waals surface area (Å²) < 4.78 is 20.5. The molecule has 0 N–H and O–H groups in total. The molecule has 1 saturated heterocycles. The van der Waals surface area contributed by atoms with E-state index in [1.807, 2.05) is 0 Å². The maximum atomic E-state index is 12.5. The highest BCUT2D eigenvalue weighted by Gasteiger charge is 2.36. The van der Waals surface area contributed by atoms with Gasteiger partial charge >= 0.3 is 11.9 Å². The first-order valence-electron chi connectivity index (χ1n) is 8.28. The molecule has 11 heteroatoms. The van der Waals surface area contributed by atoms with Crippen LogP contribution in [-0.4, -0.2) is 62.0 Å². The first-order chi connectivity index (χ1) is 13.8. The molecule has 29 heavy (non-hydrogen) atoms. The molecule has 0 spiro atoms. The molecular weight excluding hydrogens is 470 g/mol. The zero-order chi connectivity index (χ0) is 21.6. The van der Waals surface area contributed by atoms with E-state index in [9.17, 15) is 19.2 Å². The third-order valence-corrected chi connectivity index (χ3v) is 5.07. The number of esters is 2. The van der Waals surface area contributed by atoms with E-state index in [4.69, 9.17) is 14.2 Å². The molecule has 1 aromatic carbocycles. The minimum Gasteiger partial charge on any atom is -0.493 e. The lowest BCUT2D eigenvalue weighted by Gasteiger charge is -2.13. The fraction of sp³-hybridized carbons (Fsp3) is 0.333. The average Bonchev–Trinajstić information content (AvgIpc) is 2.94. The summed E-state index contributed by atoms with van der Waals surface area (Å²) in [6.45, 7) is 1.04. The normalized spacial score (nSPS) is 14.9. The Hall–Kier alpha value is -2.53. The number of hydrogen-bond donors (Lipinski definition) is 0. The van der Waals surface area contributed by atoms with Crippen molar-refractivity contribution in [2.24, 2.45) is 0 Å². The van der Waals surface area contributed by atoms with E-state index >= 15 is 0 Å². The number of thioether (sulfide) groups is 1. The molecule has 9 nitrogen and oxygen atoms in total. The second-order valence-corrected chi connectivity index (χ2v) is 7.32. The lowest BCUT2D eigenvalue weighted by Crippen LogP contribution is -2.34. The number of ether oxygens (including phenoxy) is 4. The molecule has 1 fully saturated rings. The molecule has 1 aliphatic rings. The first kappa shape index (κ1) is 22.8. The van der Waals surface area contributed by atoms with Gasteiger partial charge in [-0.05, 0) is 58.4 Å². The second-order valence-electron chi connectivity index (χ2n) is 5.47. The van der Waals surface area contributed by atoms with E-state index < -0.39 is 29.6 Å². The van der Waals surface area contributed by atoms with Crippen LogP contribution in [0.2, 0.25) is 0 Å². The highest BCUT2D eigenvalue weighted by Crippen LogP contribution is 2.39. The largest absolute Gasteiger partial charge is 0.493 e. The Labute approximate surface area is 179 Å². The molecule has 0 bridgehead atoms. The van der Waals surface area contributed by atoms with Crippen molar-refractivity contribution < 1.29 is 38.1 Å². The van der Waals surface area contributed by atoms with Crippen LogP contribution in [0.3, 0.4) is 0 Å². The number of carbonyl (C=O) groups is 4. The highest BCUT2D eigenvalue weighted by molar-refractivity contribution is 9.10. The van der Waals surface area contributed by atoms with Gasteiger partial charge in [-0.2, -0.15) is 0 Å². The highest BCUT2D eigenvalue weighted by atomic mass is 79.9. The average molecular weight is 488 g/mol. The number of halogens is 1. The Kier molecular flexibility index (Phi) is 8.09. The van der Waals surface area contributed by atoms with Crippen molar-refractivity contribution in [3.05, 3.63) is 27.1 Å². The smallest absolute Gasteiger partial charge is 0.343 e. The molecule has 0 aromatic heterocycles. The quantitative estimate of drug-likeness (QED) is 0.403. The SMILES string of the molecule is CCOC(=O)CN1C(=O)S/C(=C\c2cc(Br)c(OCC(=O)OC)c(OC)c2)C1=O. The fourth-order valence-electron chi connectivity index (χ4n) is 2.28. The van der Waals surface area contributed by atoms with Crippen molar-refractivity contribution in [1.29, 1.82) is 0 Å². The summed E-state index contributed by atoms with van der Waals surface area (Å²) in [5.74, 6) is -1.22. The van der Waals surface area contributed by atoms with Crippen LogP contribution in [0.25, 0.3) is 6.08 Å². The van der Waals surface area contributed by atoms with Crippen molar-refractivity contribution in [2.75, 3.05) is 34.0 Å². The lowest BCUT2D eigenvalue weighted by atomic mass is 10.2. The number of carbonyl (C=O) groups excluding carboxylic acids is 4. The molecule has 0 atom stereocenters. The Morgan fingerprint density at radius 3 is 2.55 bits per heavy atom. The van der Waals surface area contributed by atoms with Gasteiger partial charge in [-0.25, -0.2) is 4.79 Å². The number of imide groups is 1. The van der Waals surface area contributed by atoms with Gasteiger partial charge in [-0.15, -0.1) is 0 Å². The van der Waals surface area contributed by atoms with Gasteiger partial charge in [0.25, 0.3) is 11.1 Å². The third-order valence-electron chi connectivity index (χ3n) is 3.58. The summed E-state index contributed by atoms with van der Waals surface area (Å²) in [6.07, 6.45) is 1.49. The number of amides is 2. The molecule has 1 aromatic rings. The Morgan fingerprint density at radius 2 is 1.93 bits per heavy atom. The van der Waals surface area contributed by atoms with Gasteiger partial charge in [0.2, 0.25) is 0 Å². The van der Waals surface area contributed by atoms with E-state index in [-0.39, 0.29) is 23.9 Å². The molecule has 2 rings (SSSR count). The molecular formula is C18H18BrNO8S. The fourth-order valence-corrected chi connectivity index (χ4v) is 3.69. The van der Waals surface area contributed by atoms with Gasteiger partial charge in [0.1, 0.15) is 6.54 Å². The molecule has 1 aliphatic heterocycles. The van der Waals surface area contributed by atoms with Crippen LogP contribution in [0.5, 0.6) is 11.5 Å². The van der Waals surface area contributed by atoms with E-state index in [1.165, 1.54) is 20.3 Å². The maximum absolute atomic E-state index is 12.5. The number of rotatable bonds is 8. The zero-order valence-electron chi connectivity index (χ0n) is 15.9. The van der Waals surface area contributed by atoms with E-state index in [1.54, 1.807) is 19.1 Å². The molecule has 1 heterocycles. The van der Waals surface area contributed by atoms with Crippen molar-refractivity contribution in [3.8, 4) is 11.5 Å². The predicted octanol–water partition coefficient (Wildman–Crippen LogP) is 2.61. The Balaban J connectivity index is 2.24. The van der Waals surface area contributed by atoms with Gasteiger partial charge < -0.3 is 18.9 Å². The molecule has 2 amide bonds. The topological polar surface area (TPSA) is 108 Å². The molecule has 0 unspecified atom stereocenters. The Bertz CT molecular complexity index is 870. The van der Waals surface area contributed by atoms with Crippen LogP contribution < -0.4 is 9.47 Å². The summed E-state index contributed by atoms with van der Waals surface area (Å²) in [7, 11) is 2.67. The van der Waals surface area contributed by atoms with Crippen LogP contribution in [0, 0.1) is 0 Å². The van der Waals surface area contributed by atoms with Crippen LogP contribution in [0.15, 0.2) is 21.5 Å². The van der Waals surface area contributed by atoms with Gasteiger partial charge in [-0.3, -0.25) is 19.3 Å². The van der Waals surface area contributed by atoms with Crippen molar-refractivity contribution in [2.45, 2.75) is 6.92 Å². The van der Waals surface area contributed by atoms with Crippen molar-refractivity contribution >= 4 is 56.9 Å². The summed E-state index contributed by atoms with van der Waals surface area (Å²) in [5.41, 5.74) is 0.542. The molecule has 156 valence electrons. The number of methoxy groups -OCH3 is 2. The third kappa shape index (κ3) is 5.73. The molecule has 0 radical (unpaired) electrons. The molecule has 0 saturated carbocycles. The minimum absolute atomic E-state index is 0.150. The van der Waals surface area contributed by atoms with Gasteiger partial charge in [0.15, 0.2) is 18.1 Å². The first-order valence-corrected chi connectivity index (χ1v) is 9.89. The number of benzene rings is 1. The van der Waals surface area contributed by atoms with Gasteiger partial charge in [0.05, 0.1) is 30.2 Å². The van der Waals surface area contributed by atoms with Gasteiger partial charge in [-0.1, -0.05) is 0 Å². The number of hydrogen-bond acceptors (Lipinski definition) is 9. The number of nitrogens with zero attached hydrogens (tertiary/aromatic N) is 1. The van der Waals surface area contributed by atoms with Crippen molar-refractivity contribution in [3.63, 3.8) is 0 Å². The van der Waals surface area contributed by atoms with E-state index in [0.29, 0.717) is 15.8 Å². The summed E-state index contributed by atoms with van der Waals surface area (Å²) in [4.78, 5) is 48.4. The van der Waals surface area contributed by atoms with Gasteiger partial charge in [0, 0.05) is 0 Å². The monoisotopic (exact) mass is 487 g/mol. The zero-order valence-corrected chi connectivity index (χ0v) is 18.3. The standard InChI is InChI=1S/C18H18BrNO8S/c1-4-27-14(21)8-20-17(23)13(29-18(20)24)7-10-5-11(19)16(12(6-10)25-2)28-9-15(22)26-3/h5-7H,4,8-9H2,1-3H3/b13-7-. The predicted molar refractivity (Wildman–Crippen MR) is 108 cm³/mol. The van der Waals surface area contributed by atoms with Crippen LogP contribution >= 0.6 is 27.7 Å². The minimum atomic E-state index is -0.660. The van der Waals surface area contributed by atoms with E-state index in [2.05, 4.69) is 20.7 Å². The summed E-state index contributed by atoms with van der Waals surface area (Å²) in [6, 6.07) is 3.21. The summed E-state index contributed by atoms with van der Waals surface area (Å²) in [5, 5.41) is -0.557. The van der Waals surface area contributed by atoms with Crippen LogP contribution in [0.4, 0.5) is 4.79 Å². The second kappa shape index (κ2) is 10.3. The Morgan fingerprint density at radius 1 is 1.21 bits per heavy atom. The maximum Gasteiger partial charge on any atom is 0.343 e. The van der Waals surface area contributed by atoms with Crippen LogP contribution in [0.1, 0.15) is 12.5 Å². The lowest BCUT2D eigenvalue weighted by molar-refractivity contribution is -0.146. The van der Waals surface area contributed by atoms with E-state index in [0.717, 1.165) is 16.7 Å². The summed E-state index contributed by atoms with van der Waals surface area (Å²) >= 11 is 4.05.